The summed E-state index contributed by atoms with van der Waals surface area (Å²) in [7, 11) is 2.09. The lowest BCUT2D eigenvalue weighted by Crippen LogP contribution is -1.94. The summed E-state index contributed by atoms with van der Waals surface area (Å²) in [5.41, 5.74) is 3.81. The van der Waals surface area contributed by atoms with Gasteiger partial charge in [-0.1, -0.05) is 48.5 Å². The molecule has 0 aliphatic carbocycles. The normalized spacial score (nSPS) is 12.8. The quantitative estimate of drug-likeness (QED) is 0.628. The molecule has 0 fully saturated rings. The van der Waals surface area contributed by atoms with E-state index in [0.717, 1.165) is 0 Å². The molecule has 0 aliphatic rings. The largest absolute Gasteiger partial charge is 0.350 e. The van der Waals surface area contributed by atoms with Gasteiger partial charge in [0.25, 0.3) is 0 Å². The van der Waals surface area contributed by atoms with E-state index in [9.17, 15) is 0 Å². The molecule has 0 saturated heterocycles. The Bertz CT molecular complexity index is 664. The zero-order chi connectivity index (χ0) is 12.5. The van der Waals surface area contributed by atoms with Crippen molar-refractivity contribution < 1.29 is 0 Å². The molecule has 1 nitrogen and oxygen atoms in total. The molecule has 1 atom stereocenters. The molecule has 0 amide bonds. The highest BCUT2D eigenvalue weighted by Gasteiger charge is 2.14. The molecule has 0 aliphatic heterocycles. The summed E-state index contributed by atoms with van der Waals surface area (Å²) < 4.78 is 2.17. The predicted molar refractivity (Wildman–Crippen MR) is 76.6 cm³/mol. The molecule has 1 aromatic heterocycles. The number of nitrogens with zero attached hydrogens (tertiary/aromatic N) is 1. The summed E-state index contributed by atoms with van der Waals surface area (Å²) in [5.74, 6) is 0.178. The van der Waals surface area contributed by atoms with E-state index in [1.54, 1.807) is 0 Å². The Balaban J connectivity index is 2.15. The van der Waals surface area contributed by atoms with Crippen LogP contribution in [0.15, 0.2) is 60.8 Å². The van der Waals surface area contributed by atoms with Crippen molar-refractivity contribution in [3.05, 3.63) is 78.8 Å². The highest BCUT2D eigenvalue weighted by Crippen LogP contribution is 2.31. The molecule has 89 valence electrons. The molecular weight excluding hydrogens is 218 g/mol. The van der Waals surface area contributed by atoms with Gasteiger partial charge in [-0.25, -0.2) is 0 Å². The molecule has 0 N–H and O–H groups in total. The van der Waals surface area contributed by atoms with Gasteiger partial charge in [0, 0.05) is 30.1 Å². The van der Waals surface area contributed by atoms with Crippen molar-refractivity contribution in [2.45, 2.75) is 5.92 Å². The van der Waals surface area contributed by atoms with Gasteiger partial charge in [0.05, 0.1) is 0 Å². The average Bonchev–Trinajstić information content (AvgIpc) is 2.77. The Labute approximate surface area is 108 Å². The third kappa shape index (κ3) is 1.72. The van der Waals surface area contributed by atoms with Crippen LogP contribution in [0.5, 0.6) is 0 Å². The highest BCUT2D eigenvalue weighted by molar-refractivity contribution is 5.85. The molecule has 0 saturated carbocycles. The second-order valence-electron chi connectivity index (χ2n) is 4.68. The molecule has 1 unspecified atom stereocenters. The molecule has 18 heavy (non-hydrogen) atoms. The van der Waals surface area contributed by atoms with Crippen molar-refractivity contribution in [3.63, 3.8) is 0 Å². The molecule has 3 rings (SSSR count). The first-order chi connectivity index (χ1) is 8.77. The zero-order valence-electron chi connectivity index (χ0n) is 10.5. The van der Waals surface area contributed by atoms with Crippen LogP contribution in [0.2, 0.25) is 0 Å². The van der Waals surface area contributed by atoms with Gasteiger partial charge in [-0.3, -0.25) is 0 Å². The van der Waals surface area contributed by atoms with Gasteiger partial charge >= 0.3 is 0 Å². The number of benzene rings is 2. The molecule has 1 heterocycles. The maximum absolute atomic E-state index is 4.33. The lowest BCUT2D eigenvalue weighted by Gasteiger charge is -2.10. The summed E-state index contributed by atoms with van der Waals surface area (Å²) >= 11 is 0. The Kier molecular flexibility index (Phi) is 2.67. The van der Waals surface area contributed by atoms with Gasteiger partial charge in [-0.15, -0.1) is 0 Å². The maximum atomic E-state index is 4.33. The topological polar surface area (TPSA) is 4.93 Å². The first-order valence-electron chi connectivity index (χ1n) is 6.19. The smallest absolute Gasteiger partial charge is 0.0480 e. The van der Waals surface area contributed by atoms with Crippen molar-refractivity contribution in [2.75, 3.05) is 0 Å². The van der Waals surface area contributed by atoms with Crippen LogP contribution >= 0.6 is 0 Å². The summed E-state index contributed by atoms with van der Waals surface area (Å²) in [5, 5.41) is 1.30. The molecule has 3 aromatic rings. The second-order valence-corrected chi connectivity index (χ2v) is 4.68. The summed E-state index contributed by atoms with van der Waals surface area (Å²) in [4.78, 5) is 0. The minimum atomic E-state index is 0.178. The van der Waals surface area contributed by atoms with E-state index < -0.39 is 0 Å². The number of hydrogen-bond donors (Lipinski definition) is 0. The maximum Gasteiger partial charge on any atom is 0.0480 e. The van der Waals surface area contributed by atoms with Crippen molar-refractivity contribution in [3.8, 4) is 0 Å². The summed E-state index contributed by atoms with van der Waals surface area (Å²) in [6, 6.07) is 18.9. The van der Waals surface area contributed by atoms with Crippen molar-refractivity contribution in [1.29, 1.82) is 0 Å². The van der Waals surface area contributed by atoms with Crippen LogP contribution in [0.3, 0.4) is 0 Å². The van der Waals surface area contributed by atoms with E-state index in [0.29, 0.717) is 0 Å². The fourth-order valence-electron chi connectivity index (χ4n) is 2.52. The first-order valence-corrected chi connectivity index (χ1v) is 6.19. The van der Waals surface area contributed by atoms with Crippen LogP contribution in [0.25, 0.3) is 10.9 Å². The summed E-state index contributed by atoms with van der Waals surface area (Å²) in [6.07, 6.45) is 2.19. The molecular formula is C17H16N. The van der Waals surface area contributed by atoms with Gasteiger partial charge in [0.2, 0.25) is 0 Å². The fraction of sp³-hybridized carbons (Fsp3) is 0.118. The van der Waals surface area contributed by atoms with Crippen molar-refractivity contribution in [1.82, 2.24) is 4.57 Å². The first kappa shape index (κ1) is 11.1. The number of hydrogen-bond acceptors (Lipinski definition) is 0. The molecule has 1 heteroatoms. The van der Waals surface area contributed by atoms with Gasteiger partial charge < -0.3 is 4.57 Å². The van der Waals surface area contributed by atoms with Gasteiger partial charge in [0.1, 0.15) is 0 Å². The fourth-order valence-corrected chi connectivity index (χ4v) is 2.52. The minimum absolute atomic E-state index is 0.178. The lowest BCUT2D eigenvalue weighted by molar-refractivity contribution is 0.940. The van der Waals surface area contributed by atoms with E-state index in [4.69, 9.17) is 0 Å². The SMILES string of the molecule is [CH2]C(c1ccccc1)c1cn(C)c2ccccc12. The van der Waals surface area contributed by atoms with Crippen LogP contribution in [-0.4, -0.2) is 4.57 Å². The molecule has 2 aromatic carbocycles. The van der Waals surface area contributed by atoms with E-state index in [-0.39, 0.29) is 5.92 Å². The van der Waals surface area contributed by atoms with E-state index in [2.05, 4.69) is 73.3 Å². The predicted octanol–water partition coefficient (Wildman–Crippen LogP) is 4.14. The number of aryl methyl sites for hydroxylation is 1. The van der Waals surface area contributed by atoms with Crippen LogP contribution in [0.1, 0.15) is 17.0 Å². The van der Waals surface area contributed by atoms with E-state index in [1.807, 2.05) is 6.07 Å². The number of para-hydroxylation sites is 1. The van der Waals surface area contributed by atoms with Crippen molar-refractivity contribution in [2.24, 2.45) is 7.05 Å². The number of aromatic nitrogens is 1. The van der Waals surface area contributed by atoms with Gasteiger partial charge in [-0.05, 0) is 24.1 Å². The Hall–Kier alpha value is -2.02. The van der Waals surface area contributed by atoms with Crippen LogP contribution in [0, 0.1) is 6.92 Å². The third-order valence-corrected chi connectivity index (χ3v) is 3.51. The Morgan fingerprint density at radius 2 is 1.61 bits per heavy atom. The van der Waals surface area contributed by atoms with Crippen molar-refractivity contribution >= 4 is 10.9 Å². The molecule has 0 bridgehead atoms. The van der Waals surface area contributed by atoms with Gasteiger partial charge in [0.15, 0.2) is 0 Å². The number of rotatable bonds is 2. The summed E-state index contributed by atoms with van der Waals surface area (Å²) in [6.45, 7) is 4.33. The van der Waals surface area contributed by atoms with E-state index >= 15 is 0 Å². The average molecular weight is 234 g/mol. The lowest BCUT2D eigenvalue weighted by atomic mass is 9.93. The monoisotopic (exact) mass is 234 g/mol. The zero-order valence-corrected chi connectivity index (χ0v) is 10.5. The molecule has 0 spiro atoms. The highest BCUT2D eigenvalue weighted by atomic mass is 14.9. The second kappa shape index (κ2) is 4.34. The third-order valence-electron chi connectivity index (χ3n) is 3.51. The Morgan fingerprint density at radius 3 is 2.39 bits per heavy atom. The van der Waals surface area contributed by atoms with Crippen LogP contribution < -0.4 is 0 Å². The standard InChI is InChI=1S/C17H16N/c1-13(14-8-4-3-5-9-14)16-12-18(2)17-11-7-6-10-15(16)17/h3-13H,1H2,2H3. The minimum Gasteiger partial charge on any atom is -0.350 e. The Morgan fingerprint density at radius 1 is 0.944 bits per heavy atom. The van der Waals surface area contributed by atoms with Crippen LogP contribution in [0.4, 0.5) is 0 Å². The number of fused-ring (bicyclic) bond motifs is 1. The van der Waals surface area contributed by atoms with E-state index in [1.165, 1.54) is 22.0 Å². The molecule has 1 radical (unpaired) electrons. The van der Waals surface area contributed by atoms with Gasteiger partial charge in [-0.2, -0.15) is 0 Å². The van der Waals surface area contributed by atoms with Crippen LogP contribution in [-0.2, 0) is 7.05 Å².